The Balaban J connectivity index is -0.000000680. The van der Waals surface area contributed by atoms with E-state index >= 15 is 0 Å². The second kappa shape index (κ2) is 57.0. The van der Waals surface area contributed by atoms with Gasteiger partial charge in [0.2, 0.25) is 0 Å². The molecule has 0 saturated heterocycles. The monoisotopic (exact) mass is 2500 g/mol. The fourth-order valence-corrected chi connectivity index (χ4v) is 78.6. The van der Waals surface area contributed by atoms with Gasteiger partial charge in [-0.3, -0.25) is 0 Å². The van der Waals surface area contributed by atoms with E-state index in [9.17, 15) is 19.2 Å². The molecule has 0 aliphatic rings. The van der Waals surface area contributed by atoms with Crippen molar-refractivity contribution in [1.82, 2.24) is 0 Å². The van der Waals surface area contributed by atoms with Crippen LogP contribution in [0, 0.1) is 162 Å². The van der Waals surface area contributed by atoms with E-state index in [1.165, 1.54) is 0 Å². The molecule has 36 heteroatoms. The number of hydrogen-bond acceptors (Lipinski definition) is 8. The molecule has 0 N–H and O–H groups in total. The quantitative estimate of drug-likeness (QED) is 0.0428. The summed E-state index contributed by atoms with van der Waals surface area (Å²) in [4.78, 5) is 71.3. The third kappa shape index (κ3) is 60.9. The Kier molecular flexibility index (Phi) is 60.2. The van der Waals surface area contributed by atoms with Crippen molar-refractivity contribution in [3.05, 3.63) is 281 Å². The second-order valence-electron chi connectivity index (χ2n) is 42.1. The maximum absolute atomic E-state index is 12.9. The molecule has 0 saturated carbocycles. The van der Waals surface area contributed by atoms with Gasteiger partial charge in [0.1, 0.15) is 0 Å². The van der Waals surface area contributed by atoms with Crippen molar-refractivity contribution in [2.24, 2.45) is 0 Å². The third-order valence-corrected chi connectivity index (χ3v) is 64.2. The average Bonchev–Trinajstić information content (AvgIpc) is 0.800. The molecule has 0 aromatic heterocycles. The van der Waals surface area contributed by atoms with Gasteiger partial charge in [0.05, 0.1) is 0 Å². The summed E-state index contributed by atoms with van der Waals surface area (Å²) in [5.74, 6) is 0. The number of rotatable bonds is 28. The minimum Gasteiger partial charge on any atom is -0.844 e. The number of nitrogens with zero attached hydrogens (tertiary/aromatic N) is 12. The Hall–Kier alpha value is 0.661. The van der Waals surface area contributed by atoms with E-state index in [1.54, 1.807) is 0 Å². The number of anilines is 4. The molecule has 0 spiro atoms. The van der Waals surface area contributed by atoms with Crippen LogP contribution in [0.5, 0.6) is 0 Å². The molecule has 0 unspecified atom stereocenters. The summed E-state index contributed by atoms with van der Waals surface area (Å²) in [5.41, 5.74) is 7.81. The van der Waals surface area contributed by atoms with Crippen LogP contribution in [0.15, 0.2) is 243 Å². The first-order chi connectivity index (χ1) is 54.1. The minimum atomic E-state index is -2.77. The van der Waals surface area contributed by atoms with Crippen LogP contribution >= 0.6 is 0 Å². The van der Waals surface area contributed by atoms with Crippen LogP contribution in [0.2, 0.25) is 262 Å². The molecule has 0 aliphatic heterocycles. The molecule has 684 valence electrons. The summed E-state index contributed by atoms with van der Waals surface area (Å²) in [5, 5.41) is 0. The first-order valence-corrected chi connectivity index (χ1v) is 92.9. The van der Waals surface area contributed by atoms with Gasteiger partial charge in [-0.25, -0.2) is 0 Å². The average molecular weight is 2500 g/mol. The van der Waals surface area contributed by atoms with E-state index in [2.05, 4.69) is 226 Å². The predicted molar refractivity (Wildman–Crippen MR) is 574 cm³/mol. The third-order valence-electron chi connectivity index (χ3n) is 15.7. The number of benzene rings is 8. The molecular formula is C88H160N12O4Si16Sm4. The van der Waals surface area contributed by atoms with E-state index in [4.69, 9.17) is 38.5 Å². The summed E-state index contributed by atoms with van der Waals surface area (Å²) >= 11 is 0. The summed E-state index contributed by atoms with van der Waals surface area (Å²) in [6, 6.07) is 79.6. The molecule has 0 atom stereocenters. The van der Waals surface area contributed by atoms with E-state index in [0.717, 1.165) is 45.5 Å². The molecule has 124 heavy (non-hydrogen) atoms. The van der Waals surface area contributed by atoms with Gasteiger partial charge in [-0.05, 0) is 48.5 Å². The van der Waals surface area contributed by atoms with Crippen molar-refractivity contribution in [2.75, 3.05) is 16.9 Å². The van der Waals surface area contributed by atoms with Gasteiger partial charge in [0, 0.05) is 90.3 Å². The van der Waals surface area contributed by atoms with Crippen LogP contribution in [0.4, 0.5) is 45.5 Å². The van der Waals surface area contributed by atoms with Crippen LogP contribution in [-0.2, 0) is 0 Å². The first kappa shape index (κ1) is 131. The zero-order valence-corrected chi connectivity index (χ0v) is 110. The molecule has 8 aromatic rings. The fourth-order valence-electron chi connectivity index (χ4n) is 15.0. The molecule has 8 rings (SSSR count). The molecular weight excluding hydrogens is 2340 g/mol. The Morgan fingerprint density at radius 3 is 0.339 bits per heavy atom. The van der Waals surface area contributed by atoms with Crippen LogP contribution in [0.1, 0.15) is 0 Å². The first-order valence-electron chi connectivity index (χ1n) is 42.4. The second-order valence-corrected chi connectivity index (χ2v) is 110. The van der Waals surface area contributed by atoms with Crippen molar-refractivity contribution in [3.8, 4) is 0 Å². The maximum atomic E-state index is 12.9. The Labute approximate surface area is 906 Å². The van der Waals surface area contributed by atoms with Gasteiger partial charge < -0.3 is 74.6 Å². The van der Waals surface area contributed by atoms with E-state index in [-0.39, 0.29) is 162 Å². The normalized spacial score (nSPS) is 12.2. The SMILES string of the molecule is C[Si](C)(C)[N-][Si](C)(C)C.C[Si](C)(C)[N-][Si](C)(C)C.C[Si](C)(C)[N-][Si](C)(C)C.C[Si](C)(C)[N-][Si](C)(C)C.C[Si](C)([O-])N(c1ccccc1)[Si](C)(C)[N-]c1ccccc1.C[Si](C)([O-])N(c1ccccc1)[Si](C)(C)[N-]c1ccccc1.C[Si](C)([O-])N(c1ccccc1)[Si](C)(C)[N-]c1ccccc1.C[Si](C)([O-])N(c1ccccc1)[Si](C)(C)[N-]c1ccccc1.[Sm+3].[Sm+3].[Sm+3].[Sm+3]. The van der Waals surface area contributed by atoms with Gasteiger partial charge in [-0.2, -0.15) is 0 Å². The van der Waals surface area contributed by atoms with Gasteiger partial charge >= 0.3 is 162 Å². The molecule has 0 fully saturated rings. The van der Waals surface area contributed by atoms with Crippen LogP contribution < -0.4 is 36.1 Å². The molecule has 0 aliphatic carbocycles. The minimum absolute atomic E-state index is 0. The molecule has 8 aromatic carbocycles. The number of para-hydroxylation sites is 4. The summed E-state index contributed by atoms with van der Waals surface area (Å²) in [6.45, 7) is 87.0. The molecule has 16 nitrogen and oxygen atoms in total. The van der Waals surface area contributed by atoms with E-state index in [0.29, 0.717) is 0 Å². The Morgan fingerprint density at radius 1 is 0.161 bits per heavy atom. The Bertz CT molecular complexity index is 3520. The Morgan fingerprint density at radius 2 is 0.258 bits per heavy atom. The van der Waals surface area contributed by atoms with Crippen molar-refractivity contribution in [2.45, 2.75) is 262 Å². The van der Waals surface area contributed by atoms with Crippen molar-refractivity contribution >= 4 is 179 Å². The zero-order valence-electron chi connectivity index (χ0n) is 83.7. The van der Waals surface area contributed by atoms with E-state index in [1.807, 2.05) is 295 Å². The topological polar surface area (TPSA) is 218 Å². The maximum Gasteiger partial charge on any atom is 3.00 e. The van der Waals surface area contributed by atoms with E-state index < -0.39 is 133 Å². The van der Waals surface area contributed by atoms with Crippen molar-refractivity contribution in [3.63, 3.8) is 0 Å². The zero-order chi connectivity index (χ0) is 92.9. The smallest absolute Gasteiger partial charge is 0.844 e. The van der Waals surface area contributed by atoms with Crippen LogP contribution in [0.3, 0.4) is 0 Å². The number of hydrogen-bond donors (Lipinski definition) is 0. The van der Waals surface area contributed by atoms with Gasteiger partial charge in [0.15, 0.2) is 0 Å². The molecule has 4 radical (unpaired) electrons. The molecule has 0 bridgehead atoms. The summed E-state index contributed by atoms with van der Waals surface area (Å²) in [6.07, 6.45) is 0. The standard InChI is InChI=1S/4C16H22N2OSi2.4C6H18NSi2.4Sm/c4*1-20(2,17-15-11-7-5-8-12-15)18(21(3,4)19)16-13-9-6-10-14-16;4*1-8(2,3)7-9(4,5)6;;;;/h4*5-14H,1-4H3;4*1-6H3;;;;/q4*-2;4*-1;4*+3. The predicted octanol–water partition coefficient (Wildman–Crippen LogP) is 28.0. The van der Waals surface area contributed by atoms with Gasteiger partial charge in [0.25, 0.3) is 0 Å². The van der Waals surface area contributed by atoms with Crippen molar-refractivity contribution < 1.29 is 181 Å². The van der Waals surface area contributed by atoms with Crippen LogP contribution in [-0.4, -0.2) is 133 Å². The van der Waals surface area contributed by atoms with Crippen molar-refractivity contribution in [1.29, 1.82) is 0 Å². The summed E-state index contributed by atoms with van der Waals surface area (Å²) < 4.78 is 27.6. The van der Waals surface area contributed by atoms with Gasteiger partial charge in [-0.1, -0.05) is 522 Å². The van der Waals surface area contributed by atoms with Crippen LogP contribution in [0.25, 0.3) is 38.5 Å². The fraction of sp³-hybridized carbons (Fsp3) is 0.455. The summed E-state index contributed by atoms with van der Waals surface area (Å²) in [7, 11) is -28.9. The van der Waals surface area contributed by atoms with Gasteiger partial charge in [-0.15, -0.1) is 22.7 Å². The molecule has 0 amide bonds. The largest absolute Gasteiger partial charge is 3.00 e. The molecule has 0 heterocycles.